The Balaban J connectivity index is 0.000000948. The molecule has 2 amide bonds. The molecule has 1 aromatic heterocycles. The number of hydrogen-bond donors (Lipinski definition) is 0. The van der Waals surface area contributed by atoms with Crippen LogP contribution < -0.4 is 4.90 Å². The highest BCUT2D eigenvalue weighted by Crippen LogP contribution is 2.34. The predicted molar refractivity (Wildman–Crippen MR) is 102 cm³/mol. The van der Waals surface area contributed by atoms with Gasteiger partial charge in [0.05, 0.1) is 16.8 Å². The van der Waals surface area contributed by atoms with Crippen LogP contribution in [0.5, 0.6) is 0 Å². The molecule has 5 heteroatoms. The van der Waals surface area contributed by atoms with Gasteiger partial charge in [-0.3, -0.25) is 14.3 Å². The molecule has 2 heterocycles. The molecule has 0 atom stereocenters. The number of aryl methyl sites for hydroxylation is 1. The van der Waals surface area contributed by atoms with Crippen molar-refractivity contribution in [3.05, 3.63) is 71.3 Å². The van der Waals surface area contributed by atoms with Crippen molar-refractivity contribution in [3.8, 4) is 11.3 Å². The average molecular weight is 347 g/mol. The minimum atomic E-state index is -0.323. The number of hydrogen-bond acceptors (Lipinski definition) is 3. The highest BCUT2D eigenvalue weighted by molar-refractivity contribution is 6.34. The maximum Gasteiger partial charge on any atom is 0.267 e. The third-order valence-corrected chi connectivity index (χ3v) is 4.31. The van der Waals surface area contributed by atoms with Crippen molar-refractivity contribution in [3.63, 3.8) is 0 Å². The zero-order valence-electron chi connectivity index (χ0n) is 15.4. The molecule has 0 unspecified atom stereocenters. The largest absolute Gasteiger partial charge is 0.268 e. The lowest BCUT2D eigenvalue weighted by molar-refractivity contribution is 0.0924. The summed E-state index contributed by atoms with van der Waals surface area (Å²) < 4.78 is 1.71. The van der Waals surface area contributed by atoms with Crippen molar-refractivity contribution in [2.75, 3.05) is 4.90 Å². The van der Waals surface area contributed by atoms with Crippen LogP contribution in [0.2, 0.25) is 0 Å². The summed E-state index contributed by atoms with van der Waals surface area (Å²) in [6, 6.07) is 16.7. The second-order valence-corrected chi connectivity index (χ2v) is 5.78. The van der Waals surface area contributed by atoms with E-state index in [1.807, 2.05) is 58.2 Å². The van der Waals surface area contributed by atoms with Gasteiger partial charge in [-0.15, -0.1) is 0 Å². The van der Waals surface area contributed by atoms with Gasteiger partial charge in [-0.2, -0.15) is 5.10 Å². The van der Waals surface area contributed by atoms with Crippen LogP contribution in [-0.2, 0) is 7.05 Å². The van der Waals surface area contributed by atoms with Crippen LogP contribution in [0.1, 0.15) is 40.1 Å². The molecule has 0 N–H and O–H groups in total. The Labute approximate surface area is 152 Å². The second-order valence-electron chi connectivity index (χ2n) is 5.78. The maximum atomic E-state index is 12.7. The molecule has 5 nitrogen and oxygen atoms in total. The minimum Gasteiger partial charge on any atom is -0.268 e. The highest BCUT2D eigenvalue weighted by Gasteiger charge is 2.39. The summed E-state index contributed by atoms with van der Waals surface area (Å²) in [5.41, 5.74) is 3.54. The summed E-state index contributed by atoms with van der Waals surface area (Å²) in [4.78, 5) is 26.5. The monoisotopic (exact) mass is 347 g/mol. The summed E-state index contributed by atoms with van der Waals surface area (Å²) in [6.45, 7) is 5.88. The van der Waals surface area contributed by atoms with Crippen molar-refractivity contribution in [2.24, 2.45) is 7.05 Å². The third kappa shape index (κ3) is 2.62. The fourth-order valence-corrected chi connectivity index (χ4v) is 3.21. The van der Waals surface area contributed by atoms with Gasteiger partial charge in [-0.05, 0) is 19.1 Å². The van der Waals surface area contributed by atoms with Crippen LogP contribution in [0.15, 0.2) is 54.6 Å². The molecule has 0 saturated carbocycles. The Hall–Kier alpha value is -3.21. The Morgan fingerprint density at radius 3 is 1.85 bits per heavy atom. The molecule has 0 spiro atoms. The number of anilines is 1. The summed E-state index contributed by atoms with van der Waals surface area (Å²) in [7, 11) is 1.82. The van der Waals surface area contributed by atoms with Crippen molar-refractivity contribution >= 4 is 17.6 Å². The Morgan fingerprint density at radius 2 is 1.31 bits per heavy atom. The fraction of sp³-hybridized carbons (Fsp3) is 0.190. The van der Waals surface area contributed by atoms with E-state index < -0.39 is 0 Å². The van der Waals surface area contributed by atoms with E-state index in [-0.39, 0.29) is 11.8 Å². The number of amides is 2. The van der Waals surface area contributed by atoms with Crippen molar-refractivity contribution < 1.29 is 9.59 Å². The molecule has 2 aromatic carbocycles. The molecule has 4 rings (SSSR count). The molecular weight excluding hydrogens is 326 g/mol. The Morgan fingerprint density at radius 1 is 0.808 bits per heavy atom. The summed E-state index contributed by atoms with van der Waals surface area (Å²) in [5.74, 6) is -0.254. The number of nitrogens with zero attached hydrogens (tertiary/aromatic N) is 3. The lowest BCUT2D eigenvalue weighted by Gasteiger charge is -2.11. The number of carbonyl (C=O) groups excluding carboxylic acids is 2. The smallest absolute Gasteiger partial charge is 0.267 e. The second kappa shape index (κ2) is 6.96. The minimum absolute atomic E-state index is 0.323. The van der Waals surface area contributed by atoms with Gasteiger partial charge in [-0.1, -0.05) is 56.3 Å². The zero-order valence-corrected chi connectivity index (χ0v) is 15.4. The highest BCUT2D eigenvalue weighted by atomic mass is 16.2. The van der Waals surface area contributed by atoms with E-state index in [2.05, 4.69) is 5.10 Å². The topological polar surface area (TPSA) is 55.2 Å². The SMILES string of the molecule is CC.Cc1c(N2C(=O)c3ccccc3C2=O)nn(C)c1-c1ccccc1. The molecule has 1 aliphatic heterocycles. The summed E-state index contributed by atoms with van der Waals surface area (Å²) in [6.07, 6.45) is 0. The van der Waals surface area contributed by atoms with Gasteiger partial charge < -0.3 is 0 Å². The van der Waals surface area contributed by atoms with E-state index >= 15 is 0 Å². The van der Waals surface area contributed by atoms with Crippen molar-refractivity contribution in [1.82, 2.24) is 9.78 Å². The first-order valence-corrected chi connectivity index (χ1v) is 8.66. The molecule has 0 fully saturated rings. The van der Waals surface area contributed by atoms with E-state index in [0.717, 1.165) is 16.8 Å². The Bertz CT molecular complexity index is 939. The quantitative estimate of drug-likeness (QED) is 0.652. The number of carbonyl (C=O) groups is 2. The first-order chi connectivity index (χ1) is 12.6. The van der Waals surface area contributed by atoms with Crippen LogP contribution in [0.3, 0.4) is 0 Å². The maximum absolute atomic E-state index is 12.7. The molecule has 0 radical (unpaired) electrons. The number of rotatable bonds is 2. The van der Waals surface area contributed by atoms with E-state index in [1.165, 1.54) is 4.90 Å². The van der Waals surface area contributed by atoms with Crippen LogP contribution in [0.25, 0.3) is 11.3 Å². The lowest BCUT2D eigenvalue weighted by Crippen LogP contribution is -2.30. The number of aromatic nitrogens is 2. The summed E-state index contributed by atoms with van der Waals surface area (Å²) >= 11 is 0. The van der Waals surface area contributed by atoms with E-state index in [1.54, 1.807) is 28.9 Å². The van der Waals surface area contributed by atoms with Gasteiger partial charge in [0.25, 0.3) is 11.8 Å². The van der Waals surface area contributed by atoms with Gasteiger partial charge in [0.1, 0.15) is 0 Å². The summed E-state index contributed by atoms with van der Waals surface area (Å²) in [5, 5.41) is 4.45. The van der Waals surface area contributed by atoms with Gasteiger partial charge in [0, 0.05) is 18.2 Å². The zero-order chi connectivity index (χ0) is 18.8. The molecule has 26 heavy (non-hydrogen) atoms. The van der Waals surface area contributed by atoms with E-state index in [0.29, 0.717) is 16.9 Å². The van der Waals surface area contributed by atoms with Gasteiger partial charge in [0.2, 0.25) is 0 Å². The van der Waals surface area contributed by atoms with Crippen LogP contribution in [0.4, 0.5) is 5.82 Å². The molecule has 0 aliphatic carbocycles. The molecule has 1 aliphatic rings. The molecule has 0 bridgehead atoms. The van der Waals surface area contributed by atoms with Gasteiger partial charge >= 0.3 is 0 Å². The van der Waals surface area contributed by atoms with Crippen molar-refractivity contribution in [2.45, 2.75) is 20.8 Å². The van der Waals surface area contributed by atoms with Crippen LogP contribution in [0, 0.1) is 6.92 Å². The molecular formula is C21H21N3O2. The standard InChI is InChI=1S/C19H15N3O2.C2H6/c1-12-16(13-8-4-3-5-9-13)21(2)20-17(12)22-18(23)14-10-6-7-11-15(14)19(22)24;1-2/h3-11H,1-2H3;1-2H3. The average Bonchev–Trinajstić information content (AvgIpc) is 3.11. The van der Waals surface area contributed by atoms with Crippen LogP contribution in [-0.4, -0.2) is 21.6 Å². The van der Waals surface area contributed by atoms with E-state index in [9.17, 15) is 9.59 Å². The number of imide groups is 1. The molecule has 3 aromatic rings. The normalized spacial score (nSPS) is 12.7. The first-order valence-electron chi connectivity index (χ1n) is 8.66. The predicted octanol–water partition coefficient (Wildman–Crippen LogP) is 4.22. The first kappa shape index (κ1) is 17.6. The van der Waals surface area contributed by atoms with Gasteiger partial charge in [-0.25, -0.2) is 4.90 Å². The fourth-order valence-electron chi connectivity index (χ4n) is 3.21. The molecule has 132 valence electrons. The van der Waals surface area contributed by atoms with Crippen molar-refractivity contribution in [1.29, 1.82) is 0 Å². The number of benzene rings is 2. The Kier molecular flexibility index (Phi) is 4.71. The third-order valence-electron chi connectivity index (χ3n) is 4.31. The number of fused-ring (bicyclic) bond motifs is 1. The molecule has 0 saturated heterocycles. The van der Waals surface area contributed by atoms with Gasteiger partial charge in [0.15, 0.2) is 5.82 Å². The van der Waals surface area contributed by atoms with E-state index in [4.69, 9.17) is 0 Å². The van der Waals surface area contributed by atoms with Crippen LogP contribution >= 0.6 is 0 Å². The lowest BCUT2D eigenvalue weighted by atomic mass is 10.1.